The van der Waals surface area contributed by atoms with Crippen LogP contribution in [0.2, 0.25) is 0 Å². The number of nitrogens with two attached hydrogens (primary N) is 1. The van der Waals surface area contributed by atoms with E-state index in [1.165, 1.54) is 27.4 Å². The molecule has 8 heteroatoms. The van der Waals surface area contributed by atoms with Crippen molar-refractivity contribution in [3.05, 3.63) is 83.4 Å². The lowest BCUT2D eigenvalue weighted by Gasteiger charge is -2.14. The molecule has 34 heavy (non-hydrogen) atoms. The molecule has 3 aromatic carbocycles. The molecular weight excluding hydrogens is 434 g/mol. The number of nitrogens with one attached hydrogen (secondary N) is 2. The summed E-state index contributed by atoms with van der Waals surface area (Å²) in [5.41, 5.74) is 8.96. The maximum Gasteiger partial charge on any atom is 0.255 e. The second kappa shape index (κ2) is 11.4. The lowest BCUT2D eigenvalue weighted by atomic mass is 10.1. The second-order valence-corrected chi connectivity index (χ2v) is 7.25. The van der Waals surface area contributed by atoms with Gasteiger partial charge in [-0.2, -0.15) is 0 Å². The quantitative estimate of drug-likeness (QED) is 0.329. The van der Waals surface area contributed by atoms with Crippen LogP contribution >= 0.6 is 0 Å². The van der Waals surface area contributed by atoms with Crippen LogP contribution in [0, 0.1) is 0 Å². The molecule has 0 saturated heterocycles. The van der Waals surface area contributed by atoms with Gasteiger partial charge < -0.3 is 30.6 Å². The summed E-state index contributed by atoms with van der Waals surface area (Å²) in [7, 11) is 4.60. The normalized spacial score (nSPS) is 10.6. The van der Waals surface area contributed by atoms with Crippen molar-refractivity contribution in [3.63, 3.8) is 0 Å². The molecule has 0 saturated carbocycles. The Balaban J connectivity index is 1.58. The van der Waals surface area contributed by atoms with E-state index in [1.807, 2.05) is 0 Å². The fourth-order valence-corrected chi connectivity index (χ4v) is 3.21. The molecule has 0 aromatic heterocycles. The van der Waals surface area contributed by atoms with E-state index in [2.05, 4.69) is 10.6 Å². The molecule has 0 aliphatic heterocycles. The molecular formula is C26H27N3O5. The summed E-state index contributed by atoms with van der Waals surface area (Å²) in [5, 5.41) is 5.60. The van der Waals surface area contributed by atoms with Gasteiger partial charge in [0.05, 0.1) is 32.7 Å². The van der Waals surface area contributed by atoms with Gasteiger partial charge in [0, 0.05) is 18.2 Å². The van der Waals surface area contributed by atoms with Crippen molar-refractivity contribution >= 4 is 29.3 Å². The molecule has 0 spiro atoms. The number of methoxy groups -OCH3 is 3. The topological polar surface area (TPSA) is 112 Å². The van der Waals surface area contributed by atoms with E-state index in [1.54, 1.807) is 66.7 Å². The summed E-state index contributed by atoms with van der Waals surface area (Å²) in [6.45, 7) is 0.279. The van der Waals surface area contributed by atoms with E-state index >= 15 is 0 Å². The van der Waals surface area contributed by atoms with E-state index in [0.717, 1.165) is 11.1 Å². The molecule has 0 unspecified atom stereocenters. The molecule has 4 N–H and O–H groups in total. The molecule has 0 aliphatic rings. The molecule has 3 rings (SSSR count). The van der Waals surface area contributed by atoms with E-state index in [9.17, 15) is 9.59 Å². The summed E-state index contributed by atoms with van der Waals surface area (Å²) < 4.78 is 16.0. The van der Waals surface area contributed by atoms with Gasteiger partial charge in [-0.1, -0.05) is 24.3 Å². The number of ether oxygens (including phenoxy) is 3. The van der Waals surface area contributed by atoms with Crippen molar-refractivity contribution in [1.29, 1.82) is 0 Å². The molecule has 0 radical (unpaired) electrons. The van der Waals surface area contributed by atoms with Crippen LogP contribution in [-0.4, -0.2) is 33.1 Å². The second-order valence-electron chi connectivity index (χ2n) is 7.25. The third kappa shape index (κ3) is 6.07. The average Bonchev–Trinajstić information content (AvgIpc) is 2.87. The molecule has 3 aromatic rings. The number of carbonyl (C=O) groups is 2. The molecule has 8 nitrogen and oxygen atoms in total. The minimum atomic E-state index is -0.268. The standard InChI is InChI=1S/C26H27N3O5/c1-32-22-14-18(15-23(33-2)25(22)34-3)16-28-24(30)13-10-17-8-11-19(12-9-17)26(31)29-21-7-5-4-6-20(21)27/h4-15H,16,27H2,1-3H3,(H,28,30)(H,29,31). The van der Waals surface area contributed by atoms with E-state index in [-0.39, 0.29) is 18.4 Å². The zero-order chi connectivity index (χ0) is 24.5. The zero-order valence-corrected chi connectivity index (χ0v) is 19.3. The van der Waals surface area contributed by atoms with E-state index in [4.69, 9.17) is 19.9 Å². The SMILES string of the molecule is COc1cc(CNC(=O)C=Cc2ccc(C(=O)Nc3ccccc3N)cc2)cc(OC)c1OC. The average molecular weight is 462 g/mol. The first kappa shape index (κ1) is 24.2. The summed E-state index contributed by atoms with van der Waals surface area (Å²) in [6, 6.07) is 17.5. The van der Waals surface area contributed by atoms with Gasteiger partial charge in [-0.3, -0.25) is 9.59 Å². The number of amides is 2. The van der Waals surface area contributed by atoms with Gasteiger partial charge in [-0.25, -0.2) is 0 Å². The number of hydrogen-bond acceptors (Lipinski definition) is 6. The highest BCUT2D eigenvalue weighted by Crippen LogP contribution is 2.38. The van der Waals surface area contributed by atoms with Gasteiger partial charge in [-0.15, -0.1) is 0 Å². The Morgan fingerprint density at radius 3 is 2.15 bits per heavy atom. The maximum absolute atomic E-state index is 12.4. The van der Waals surface area contributed by atoms with Crippen LogP contribution in [0.1, 0.15) is 21.5 Å². The van der Waals surface area contributed by atoms with Crippen LogP contribution < -0.4 is 30.6 Å². The lowest BCUT2D eigenvalue weighted by Crippen LogP contribution is -2.20. The van der Waals surface area contributed by atoms with E-state index in [0.29, 0.717) is 34.2 Å². The Morgan fingerprint density at radius 1 is 0.912 bits per heavy atom. The fourth-order valence-electron chi connectivity index (χ4n) is 3.21. The first-order valence-corrected chi connectivity index (χ1v) is 10.5. The third-order valence-corrected chi connectivity index (χ3v) is 5.00. The van der Waals surface area contributed by atoms with Crippen molar-refractivity contribution in [2.24, 2.45) is 0 Å². The molecule has 0 atom stereocenters. The molecule has 0 heterocycles. The maximum atomic E-state index is 12.4. The van der Waals surface area contributed by atoms with Crippen molar-refractivity contribution in [2.75, 3.05) is 32.4 Å². The number of anilines is 2. The highest BCUT2D eigenvalue weighted by Gasteiger charge is 2.13. The zero-order valence-electron chi connectivity index (χ0n) is 19.3. The van der Waals surface area contributed by atoms with Crippen LogP contribution in [0.3, 0.4) is 0 Å². The van der Waals surface area contributed by atoms with Crippen LogP contribution in [0.25, 0.3) is 6.08 Å². The van der Waals surface area contributed by atoms with Crippen molar-refractivity contribution < 1.29 is 23.8 Å². The van der Waals surface area contributed by atoms with Gasteiger partial charge >= 0.3 is 0 Å². The van der Waals surface area contributed by atoms with Gasteiger partial charge in [-0.05, 0) is 53.6 Å². The number of nitrogen functional groups attached to an aromatic ring is 1. The number of hydrogen-bond donors (Lipinski definition) is 3. The predicted octanol–water partition coefficient (Wildman–Crippen LogP) is 3.88. The minimum Gasteiger partial charge on any atom is -0.493 e. The Kier molecular flexibility index (Phi) is 8.12. The summed E-state index contributed by atoms with van der Waals surface area (Å²) in [4.78, 5) is 24.7. The highest BCUT2D eigenvalue weighted by atomic mass is 16.5. The van der Waals surface area contributed by atoms with Crippen LogP contribution in [0.5, 0.6) is 17.2 Å². The van der Waals surface area contributed by atoms with Crippen LogP contribution in [-0.2, 0) is 11.3 Å². The van der Waals surface area contributed by atoms with Gasteiger partial charge in [0.2, 0.25) is 11.7 Å². The first-order valence-electron chi connectivity index (χ1n) is 10.5. The highest BCUT2D eigenvalue weighted by molar-refractivity contribution is 6.05. The predicted molar refractivity (Wildman–Crippen MR) is 132 cm³/mol. The van der Waals surface area contributed by atoms with Crippen molar-refractivity contribution in [2.45, 2.75) is 6.54 Å². The Morgan fingerprint density at radius 2 is 1.56 bits per heavy atom. The Bertz CT molecular complexity index is 1160. The Labute approximate surface area is 198 Å². The number of rotatable bonds is 9. The lowest BCUT2D eigenvalue weighted by molar-refractivity contribution is -0.116. The largest absolute Gasteiger partial charge is 0.493 e. The molecule has 0 bridgehead atoms. The minimum absolute atomic E-state index is 0.267. The number of para-hydroxylation sites is 2. The number of benzene rings is 3. The van der Waals surface area contributed by atoms with Gasteiger partial charge in [0.15, 0.2) is 11.5 Å². The fraction of sp³-hybridized carbons (Fsp3) is 0.154. The third-order valence-electron chi connectivity index (χ3n) is 5.00. The monoisotopic (exact) mass is 461 g/mol. The smallest absolute Gasteiger partial charge is 0.255 e. The van der Waals surface area contributed by atoms with Crippen molar-refractivity contribution in [3.8, 4) is 17.2 Å². The van der Waals surface area contributed by atoms with Crippen LogP contribution in [0.4, 0.5) is 11.4 Å². The molecule has 2 amide bonds. The summed E-state index contributed by atoms with van der Waals surface area (Å²) >= 11 is 0. The summed E-state index contributed by atoms with van der Waals surface area (Å²) in [6.07, 6.45) is 3.10. The molecule has 0 aliphatic carbocycles. The van der Waals surface area contributed by atoms with Gasteiger partial charge in [0.25, 0.3) is 5.91 Å². The van der Waals surface area contributed by atoms with Crippen LogP contribution in [0.15, 0.2) is 66.7 Å². The van der Waals surface area contributed by atoms with Gasteiger partial charge in [0.1, 0.15) is 0 Å². The first-order chi connectivity index (χ1) is 16.4. The molecule has 176 valence electrons. The number of carbonyl (C=O) groups excluding carboxylic acids is 2. The van der Waals surface area contributed by atoms with E-state index < -0.39 is 0 Å². The summed E-state index contributed by atoms with van der Waals surface area (Å²) in [5.74, 6) is 0.984. The van der Waals surface area contributed by atoms with Crippen molar-refractivity contribution in [1.82, 2.24) is 5.32 Å². The Hall–Kier alpha value is -4.46. The molecule has 0 fully saturated rings.